The van der Waals surface area contributed by atoms with E-state index in [0.717, 1.165) is 31.3 Å². The van der Waals surface area contributed by atoms with Gasteiger partial charge < -0.3 is 14.8 Å². The predicted octanol–water partition coefficient (Wildman–Crippen LogP) is 4.34. The summed E-state index contributed by atoms with van der Waals surface area (Å²) < 4.78 is 68.2. The highest BCUT2D eigenvalue weighted by Crippen LogP contribution is 2.53. The Morgan fingerprint density at radius 2 is 1.66 bits per heavy atom. The Labute approximate surface area is 191 Å². The molecule has 2 saturated heterocycles. The molecule has 5 rings (SSSR count). The van der Waals surface area contributed by atoms with Crippen LogP contribution in [0.1, 0.15) is 37.7 Å². The number of hydrogen-bond donors (Lipinski definition) is 1. The van der Waals surface area contributed by atoms with Gasteiger partial charge >= 0.3 is 0 Å². The van der Waals surface area contributed by atoms with Crippen LogP contribution in [0.25, 0.3) is 0 Å². The fourth-order valence-electron chi connectivity index (χ4n) is 5.31. The summed E-state index contributed by atoms with van der Waals surface area (Å²) >= 11 is 5.95. The molecule has 2 aromatic rings. The maximum atomic E-state index is 15.1. The van der Waals surface area contributed by atoms with Crippen LogP contribution in [0, 0.1) is 11.6 Å². The second-order valence-corrected chi connectivity index (χ2v) is 11.5. The molecule has 32 heavy (non-hydrogen) atoms. The molecule has 9 heteroatoms. The molecule has 0 amide bonds. The molecule has 1 saturated carbocycles. The van der Waals surface area contributed by atoms with Crippen LogP contribution in [0.5, 0.6) is 0 Å². The lowest BCUT2D eigenvalue weighted by molar-refractivity contribution is -0.189. The topological polar surface area (TPSA) is 64.6 Å². The highest BCUT2D eigenvalue weighted by molar-refractivity contribution is 7.92. The molecule has 0 radical (unpaired) electrons. The van der Waals surface area contributed by atoms with Gasteiger partial charge in [0.2, 0.25) is 0 Å². The second-order valence-electron chi connectivity index (χ2n) is 8.79. The number of piperidine rings is 1. The third-order valence-electron chi connectivity index (χ3n) is 6.93. The normalized spacial score (nSPS) is 29.7. The highest BCUT2D eigenvalue weighted by Gasteiger charge is 2.58. The maximum absolute atomic E-state index is 15.1. The zero-order valence-corrected chi connectivity index (χ0v) is 18.9. The lowest BCUT2D eigenvalue weighted by Gasteiger charge is -2.41. The second kappa shape index (κ2) is 8.02. The van der Waals surface area contributed by atoms with Crippen LogP contribution in [0.2, 0.25) is 5.02 Å². The smallest absolute Gasteiger partial charge is 0.188 e. The van der Waals surface area contributed by atoms with E-state index in [4.69, 9.17) is 21.1 Å². The van der Waals surface area contributed by atoms with Gasteiger partial charge in [0.05, 0.1) is 17.1 Å². The third kappa shape index (κ3) is 3.56. The monoisotopic (exact) mass is 483 g/mol. The van der Waals surface area contributed by atoms with E-state index in [1.54, 1.807) is 0 Å². The van der Waals surface area contributed by atoms with E-state index < -0.39 is 38.1 Å². The van der Waals surface area contributed by atoms with Gasteiger partial charge in [-0.15, -0.1) is 0 Å². The zero-order valence-electron chi connectivity index (χ0n) is 17.3. The number of nitrogens with one attached hydrogen (secondary N) is 1. The van der Waals surface area contributed by atoms with Crippen molar-refractivity contribution in [1.29, 1.82) is 0 Å². The number of sulfone groups is 1. The van der Waals surface area contributed by atoms with E-state index in [1.807, 2.05) is 0 Å². The lowest BCUT2D eigenvalue weighted by Crippen LogP contribution is -2.47. The van der Waals surface area contributed by atoms with Crippen molar-refractivity contribution in [2.45, 2.75) is 59.7 Å². The van der Waals surface area contributed by atoms with Crippen LogP contribution < -0.4 is 5.32 Å². The Balaban J connectivity index is 1.60. The predicted molar refractivity (Wildman–Crippen MR) is 115 cm³/mol. The Hall–Kier alpha value is -1.58. The first-order valence-corrected chi connectivity index (χ1v) is 12.6. The molecule has 2 aliphatic heterocycles. The van der Waals surface area contributed by atoms with Crippen molar-refractivity contribution in [3.05, 3.63) is 64.7 Å². The molecule has 5 nitrogen and oxygen atoms in total. The quantitative estimate of drug-likeness (QED) is 0.703. The molecule has 1 aliphatic carbocycles. The molecule has 3 aliphatic rings. The molecular formula is C23H24ClF2NO4S. The number of fused-ring (bicyclic) bond motifs is 1. The number of halogens is 3. The van der Waals surface area contributed by atoms with E-state index in [-0.39, 0.29) is 29.4 Å². The maximum Gasteiger partial charge on any atom is 0.188 e. The van der Waals surface area contributed by atoms with Crippen molar-refractivity contribution < 1.29 is 26.7 Å². The van der Waals surface area contributed by atoms with Crippen molar-refractivity contribution >= 4 is 21.4 Å². The Morgan fingerprint density at radius 3 is 2.38 bits per heavy atom. The summed E-state index contributed by atoms with van der Waals surface area (Å²) in [6.45, 7) is 1.48. The summed E-state index contributed by atoms with van der Waals surface area (Å²) in [7, 11) is -4.13. The molecule has 1 N–H and O–H groups in total. The first-order chi connectivity index (χ1) is 15.2. The van der Waals surface area contributed by atoms with Gasteiger partial charge in [0, 0.05) is 42.9 Å². The Morgan fingerprint density at radius 1 is 0.969 bits per heavy atom. The molecule has 0 unspecified atom stereocenters. The van der Waals surface area contributed by atoms with E-state index in [1.165, 1.54) is 24.3 Å². The minimum absolute atomic E-state index is 0.0134. The van der Waals surface area contributed by atoms with Crippen LogP contribution in [0.3, 0.4) is 0 Å². The van der Waals surface area contributed by atoms with Gasteiger partial charge in [-0.3, -0.25) is 0 Å². The third-order valence-corrected chi connectivity index (χ3v) is 9.70. The SMILES string of the molecule is O=S(=O)(c1ccc(Cl)cc1)[C@@]1(c2cc(F)ccc2F)CC[C@H]2OC3(CCNCC3)O[C@H]2C1. The zero-order chi connectivity index (χ0) is 22.6. The standard InChI is InChI=1S/C23H24ClF2NO4S/c24-15-1-4-17(5-2-15)32(28,29)22(18-13-16(25)3-6-19(18)26)8-7-20-21(14-22)31-23(30-20)9-11-27-12-10-23/h1-6,13,20-21,27H,7-12,14H2/t20-,21+,22+/m1/s1. The van der Waals surface area contributed by atoms with Gasteiger partial charge in [-0.1, -0.05) is 11.6 Å². The number of rotatable bonds is 3. The molecule has 0 aromatic heterocycles. The molecule has 2 heterocycles. The minimum Gasteiger partial charge on any atom is -0.344 e. The summed E-state index contributed by atoms with van der Waals surface area (Å²) in [6, 6.07) is 8.75. The summed E-state index contributed by atoms with van der Waals surface area (Å²) in [4.78, 5) is 0.0134. The summed E-state index contributed by atoms with van der Waals surface area (Å²) in [6.07, 6.45) is 0.943. The van der Waals surface area contributed by atoms with E-state index in [9.17, 15) is 12.8 Å². The van der Waals surface area contributed by atoms with Gasteiger partial charge in [-0.05, 0) is 55.3 Å². The van der Waals surface area contributed by atoms with Crippen molar-refractivity contribution in [2.24, 2.45) is 0 Å². The van der Waals surface area contributed by atoms with Crippen LogP contribution in [-0.4, -0.2) is 39.5 Å². The highest BCUT2D eigenvalue weighted by atomic mass is 35.5. The molecule has 172 valence electrons. The van der Waals surface area contributed by atoms with Gasteiger partial charge in [-0.25, -0.2) is 17.2 Å². The molecule has 3 atom stereocenters. The van der Waals surface area contributed by atoms with E-state index >= 15 is 4.39 Å². The van der Waals surface area contributed by atoms with E-state index in [2.05, 4.69) is 5.32 Å². The Bertz CT molecular complexity index is 1120. The van der Waals surface area contributed by atoms with Crippen LogP contribution >= 0.6 is 11.6 Å². The molecular weight excluding hydrogens is 460 g/mol. The van der Waals surface area contributed by atoms with Gasteiger partial charge in [0.15, 0.2) is 15.6 Å². The molecule has 0 bridgehead atoms. The van der Waals surface area contributed by atoms with Gasteiger partial charge in [-0.2, -0.15) is 0 Å². The van der Waals surface area contributed by atoms with Crippen LogP contribution in [0.15, 0.2) is 47.4 Å². The van der Waals surface area contributed by atoms with Gasteiger partial charge in [0.25, 0.3) is 0 Å². The van der Waals surface area contributed by atoms with Crippen molar-refractivity contribution in [2.75, 3.05) is 13.1 Å². The number of benzene rings is 2. The largest absolute Gasteiger partial charge is 0.344 e. The first kappa shape index (κ1) is 22.2. The summed E-state index contributed by atoms with van der Waals surface area (Å²) in [5.41, 5.74) is -0.166. The average Bonchev–Trinajstić information content (AvgIpc) is 3.12. The van der Waals surface area contributed by atoms with Crippen molar-refractivity contribution in [3.63, 3.8) is 0 Å². The van der Waals surface area contributed by atoms with Crippen molar-refractivity contribution in [3.8, 4) is 0 Å². The number of ether oxygens (including phenoxy) is 2. The van der Waals surface area contributed by atoms with Crippen molar-refractivity contribution in [1.82, 2.24) is 5.32 Å². The first-order valence-electron chi connectivity index (χ1n) is 10.8. The lowest BCUT2D eigenvalue weighted by atomic mass is 9.80. The molecule has 1 spiro atoms. The average molecular weight is 484 g/mol. The van der Waals surface area contributed by atoms with Crippen LogP contribution in [0.4, 0.5) is 8.78 Å². The summed E-state index contributed by atoms with van der Waals surface area (Å²) in [5.74, 6) is -2.19. The fraction of sp³-hybridized carbons (Fsp3) is 0.478. The minimum atomic E-state index is -4.13. The molecule has 2 aromatic carbocycles. The van der Waals surface area contributed by atoms with Crippen LogP contribution in [-0.2, 0) is 24.1 Å². The fourth-order valence-corrected chi connectivity index (χ4v) is 7.60. The summed E-state index contributed by atoms with van der Waals surface area (Å²) in [5, 5.41) is 3.65. The van der Waals surface area contributed by atoms with E-state index in [0.29, 0.717) is 24.3 Å². The Kier molecular flexibility index (Phi) is 5.57. The number of hydrogen-bond acceptors (Lipinski definition) is 5. The van der Waals surface area contributed by atoms with Gasteiger partial charge in [0.1, 0.15) is 16.4 Å². The molecule has 3 fully saturated rings.